The summed E-state index contributed by atoms with van der Waals surface area (Å²) in [4.78, 5) is 0. The summed E-state index contributed by atoms with van der Waals surface area (Å²) in [6.45, 7) is 4.02. The van der Waals surface area contributed by atoms with Crippen LogP contribution in [0.3, 0.4) is 0 Å². The number of hydrogen-bond donors (Lipinski definition) is 1. The topological polar surface area (TPSA) is 20.2 Å². The van der Waals surface area contributed by atoms with E-state index in [2.05, 4.69) is 19.1 Å². The molecule has 1 atom stereocenters. The Balaban J connectivity index is 2.12. The zero-order valence-corrected chi connectivity index (χ0v) is 9.66. The van der Waals surface area contributed by atoms with Crippen molar-refractivity contribution >= 4 is 0 Å². The van der Waals surface area contributed by atoms with Gasteiger partial charge in [-0.3, -0.25) is 0 Å². The summed E-state index contributed by atoms with van der Waals surface area (Å²) < 4.78 is 0. The van der Waals surface area contributed by atoms with E-state index in [1.165, 1.54) is 24.8 Å². The van der Waals surface area contributed by atoms with Crippen LogP contribution in [0.15, 0.2) is 24.3 Å². The van der Waals surface area contributed by atoms with Crippen LogP contribution in [0.25, 0.3) is 0 Å². The van der Waals surface area contributed by atoms with Gasteiger partial charge in [0.2, 0.25) is 0 Å². The van der Waals surface area contributed by atoms with Crippen LogP contribution in [-0.4, -0.2) is 5.11 Å². The first-order chi connectivity index (χ1) is 7.08. The van der Waals surface area contributed by atoms with Crippen LogP contribution in [0.2, 0.25) is 0 Å². The lowest BCUT2D eigenvalue weighted by atomic mass is 9.75. The van der Waals surface area contributed by atoms with E-state index in [9.17, 15) is 5.11 Å². The molecule has 1 unspecified atom stereocenters. The third-order valence-electron chi connectivity index (χ3n) is 3.55. The molecule has 0 spiro atoms. The molecular formula is C14H20O. The third-order valence-corrected chi connectivity index (χ3v) is 3.55. The molecule has 0 saturated heterocycles. The molecule has 1 heteroatoms. The molecule has 1 aliphatic rings. The molecule has 1 fully saturated rings. The van der Waals surface area contributed by atoms with Crippen LogP contribution in [0, 0.1) is 12.8 Å². The molecular weight excluding hydrogens is 184 g/mol. The predicted molar refractivity (Wildman–Crippen MR) is 62.7 cm³/mol. The van der Waals surface area contributed by atoms with Crippen LogP contribution < -0.4 is 0 Å². The van der Waals surface area contributed by atoms with E-state index < -0.39 is 5.60 Å². The first-order valence-corrected chi connectivity index (χ1v) is 5.87. The number of benzene rings is 1. The van der Waals surface area contributed by atoms with Crippen molar-refractivity contribution in [1.82, 2.24) is 0 Å². The van der Waals surface area contributed by atoms with Crippen molar-refractivity contribution in [2.24, 2.45) is 5.92 Å². The fourth-order valence-corrected chi connectivity index (χ4v) is 2.36. The van der Waals surface area contributed by atoms with E-state index in [0.29, 0.717) is 0 Å². The van der Waals surface area contributed by atoms with Gasteiger partial charge in [-0.05, 0) is 31.7 Å². The second kappa shape index (κ2) is 3.97. The summed E-state index contributed by atoms with van der Waals surface area (Å²) in [5.74, 6) is 0.737. The standard InChI is InChI=1S/C14H20O/c1-11-5-3-8-13(9-11)14(2,15)10-12-6-4-7-12/h3,5,8-9,12,15H,4,6-7,10H2,1-2H3. The van der Waals surface area contributed by atoms with Crippen LogP contribution in [-0.2, 0) is 5.60 Å². The highest BCUT2D eigenvalue weighted by Gasteiger charge is 2.30. The highest BCUT2D eigenvalue weighted by atomic mass is 16.3. The Kier molecular flexibility index (Phi) is 2.83. The SMILES string of the molecule is Cc1cccc(C(C)(O)CC2CCC2)c1. The molecule has 1 aliphatic carbocycles. The van der Waals surface area contributed by atoms with Gasteiger partial charge in [-0.1, -0.05) is 49.1 Å². The highest BCUT2D eigenvalue weighted by molar-refractivity contribution is 5.27. The monoisotopic (exact) mass is 204 g/mol. The van der Waals surface area contributed by atoms with Gasteiger partial charge in [0.15, 0.2) is 0 Å². The van der Waals surface area contributed by atoms with Gasteiger partial charge in [0.1, 0.15) is 0 Å². The molecule has 15 heavy (non-hydrogen) atoms. The Morgan fingerprint density at radius 3 is 2.67 bits per heavy atom. The molecule has 1 aromatic rings. The third kappa shape index (κ3) is 2.40. The van der Waals surface area contributed by atoms with Gasteiger partial charge in [-0.15, -0.1) is 0 Å². The van der Waals surface area contributed by atoms with Gasteiger partial charge in [0, 0.05) is 0 Å². The molecule has 2 rings (SSSR count). The molecule has 1 N–H and O–H groups in total. The second-order valence-electron chi connectivity index (χ2n) is 5.14. The van der Waals surface area contributed by atoms with Crippen molar-refractivity contribution in [1.29, 1.82) is 0 Å². The average molecular weight is 204 g/mol. The van der Waals surface area contributed by atoms with Crippen molar-refractivity contribution in [3.8, 4) is 0 Å². The lowest BCUT2D eigenvalue weighted by Crippen LogP contribution is -2.27. The van der Waals surface area contributed by atoms with E-state index >= 15 is 0 Å². The van der Waals surface area contributed by atoms with Gasteiger partial charge in [0.25, 0.3) is 0 Å². The minimum Gasteiger partial charge on any atom is -0.385 e. The smallest absolute Gasteiger partial charge is 0.0871 e. The quantitative estimate of drug-likeness (QED) is 0.800. The molecule has 1 aromatic carbocycles. The lowest BCUT2D eigenvalue weighted by Gasteiger charge is -2.33. The fourth-order valence-electron chi connectivity index (χ4n) is 2.36. The van der Waals surface area contributed by atoms with Gasteiger partial charge in [0.05, 0.1) is 5.60 Å². The summed E-state index contributed by atoms with van der Waals surface area (Å²) in [6, 6.07) is 8.23. The number of aryl methyl sites for hydroxylation is 1. The van der Waals surface area contributed by atoms with Crippen molar-refractivity contribution in [3.05, 3.63) is 35.4 Å². The summed E-state index contributed by atoms with van der Waals surface area (Å²) >= 11 is 0. The molecule has 0 bridgehead atoms. The molecule has 0 heterocycles. The summed E-state index contributed by atoms with van der Waals surface area (Å²) in [5, 5.41) is 10.4. The van der Waals surface area contributed by atoms with E-state index in [-0.39, 0.29) is 0 Å². The molecule has 1 nitrogen and oxygen atoms in total. The van der Waals surface area contributed by atoms with Crippen molar-refractivity contribution < 1.29 is 5.11 Å². The predicted octanol–water partition coefficient (Wildman–Crippen LogP) is 3.39. The first kappa shape index (κ1) is 10.7. The average Bonchev–Trinajstić information content (AvgIpc) is 2.12. The summed E-state index contributed by atoms with van der Waals surface area (Å²) in [5.41, 5.74) is 1.65. The minimum absolute atomic E-state index is 0.642. The molecule has 1 saturated carbocycles. The zero-order valence-electron chi connectivity index (χ0n) is 9.66. The minimum atomic E-state index is -0.642. The Morgan fingerprint density at radius 2 is 2.13 bits per heavy atom. The summed E-state index contributed by atoms with van der Waals surface area (Å²) in [7, 11) is 0. The number of aliphatic hydroxyl groups is 1. The summed E-state index contributed by atoms with van der Waals surface area (Å²) in [6.07, 6.45) is 4.84. The number of hydrogen-bond acceptors (Lipinski definition) is 1. The normalized spacial score (nSPS) is 20.7. The molecule has 0 radical (unpaired) electrons. The Bertz CT molecular complexity index is 337. The fraction of sp³-hybridized carbons (Fsp3) is 0.571. The molecule has 0 aliphatic heterocycles. The van der Waals surface area contributed by atoms with Gasteiger partial charge in [-0.2, -0.15) is 0 Å². The van der Waals surface area contributed by atoms with E-state index in [0.717, 1.165) is 17.9 Å². The van der Waals surface area contributed by atoms with Crippen LogP contribution in [0.1, 0.15) is 43.7 Å². The van der Waals surface area contributed by atoms with Crippen molar-refractivity contribution in [3.63, 3.8) is 0 Å². The van der Waals surface area contributed by atoms with E-state index in [1.54, 1.807) is 0 Å². The Hall–Kier alpha value is -0.820. The molecule has 0 amide bonds. The second-order valence-corrected chi connectivity index (χ2v) is 5.14. The zero-order chi connectivity index (χ0) is 10.9. The van der Waals surface area contributed by atoms with Gasteiger partial charge in [-0.25, -0.2) is 0 Å². The van der Waals surface area contributed by atoms with Gasteiger partial charge < -0.3 is 5.11 Å². The van der Waals surface area contributed by atoms with Crippen LogP contribution >= 0.6 is 0 Å². The van der Waals surface area contributed by atoms with Gasteiger partial charge >= 0.3 is 0 Å². The van der Waals surface area contributed by atoms with Crippen LogP contribution in [0.5, 0.6) is 0 Å². The Labute approximate surface area is 92.1 Å². The maximum Gasteiger partial charge on any atom is 0.0871 e. The maximum absolute atomic E-state index is 10.4. The van der Waals surface area contributed by atoms with E-state index in [4.69, 9.17) is 0 Å². The largest absolute Gasteiger partial charge is 0.385 e. The van der Waals surface area contributed by atoms with Crippen molar-refractivity contribution in [2.75, 3.05) is 0 Å². The first-order valence-electron chi connectivity index (χ1n) is 5.87. The Morgan fingerprint density at radius 1 is 1.40 bits per heavy atom. The molecule has 0 aromatic heterocycles. The maximum atomic E-state index is 10.4. The van der Waals surface area contributed by atoms with E-state index in [1.807, 2.05) is 19.1 Å². The lowest BCUT2D eigenvalue weighted by molar-refractivity contribution is 0.0161. The highest BCUT2D eigenvalue weighted by Crippen LogP contribution is 2.37. The number of rotatable bonds is 3. The van der Waals surface area contributed by atoms with Crippen LogP contribution in [0.4, 0.5) is 0 Å². The molecule has 82 valence electrons. The van der Waals surface area contributed by atoms with Crippen molar-refractivity contribution in [2.45, 2.75) is 45.1 Å².